The summed E-state index contributed by atoms with van der Waals surface area (Å²) in [4.78, 5) is 2.41. The van der Waals surface area contributed by atoms with E-state index in [1.165, 1.54) is 85.1 Å². The quantitative estimate of drug-likeness (QED) is 0.0977. The lowest BCUT2D eigenvalue weighted by Gasteiger charge is -2.34. The van der Waals surface area contributed by atoms with Crippen LogP contribution in [0.25, 0.3) is 64.3 Å². The first-order valence-corrected chi connectivity index (χ1v) is 25.8. The maximum absolute atomic E-state index is 2.69. The lowest BCUT2D eigenvalue weighted by molar-refractivity contribution is 1.29. The Morgan fingerprint density at radius 1 is 0.269 bits per heavy atom. The molecule has 0 aliphatic carbocycles. The van der Waals surface area contributed by atoms with Crippen molar-refractivity contribution in [1.29, 1.82) is 0 Å². The van der Waals surface area contributed by atoms with Crippen molar-refractivity contribution in [3.63, 3.8) is 0 Å². The molecule has 0 aliphatic rings. The Hall–Kier alpha value is -8.08. The Morgan fingerprint density at radius 3 is 1.34 bits per heavy atom. The van der Waals surface area contributed by atoms with Gasteiger partial charge >= 0.3 is 0 Å². The van der Waals surface area contributed by atoms with Crippen LogP contribution in [0.3, 0.4) is 0 Å². The van der Waals surface area contributed by atoms with Crippen molar-refractivity contribution in [2.24, 2.45) is 0 Å². The van der Waals surface area contributed by atoms with Crippen LogP contribution in [0.5, 0.6) is 0 Å². The maximum Gasteiger partial charge on any atom is 0.179 e. The molecule has 0 spiro atoms. The van der Waals surface area contributed by atoms with Gasteiger partial charge < -0.3 is 4.90 Å². The lowest BCUT2D eigenvalue weighted by atomic mass is 9.98. The summed E-state index contributed by atoms with van der Waals surface area (Å²) in [5, 5.41) is 10.6. The van der Waals surface area contributed by atoms with Crippen LogP contribution in [0.2, 0.25) is 0 Å². The van der Waals surface area contributed by atoms with Crippen LogP contribution in [0.15, 0.2) is 273 Å². The molecule has 3 heteroatoms. The summed E-state index contributed by atoms with van der Waals surface area (Å²) in [6.45, 7) is 0. The first-order chi connectivity index (χ1) is 33.2. The van der Waals surface area contributed by atoms with Gasteiger partial charge in [0.2, 0.25) is 0 Å². The molecule has 12 aromatic rings. The number of benzene rings is 11. The molecular weight excluding hydrogens is 843 g/mol. The van der Waals surface area contributed by atoms with E-state index in [4.69, 9.17) is 0 Å². The maximum atomic E-state index is 2.45. The minimum atomic E-state index is -2.69. The summed E-state index contributed by atoms with van der Waals surface area (Å²) in [5.41, 5.74) is 10.6. The molecule has 0 fully saturated rings. The molecule has 67 heavy (non-hydrogen) atoms. The highest BCUT2D eigenvalue weighted by Gasteiger charge is 2.41. The van der Waals surface area contributed by atoms with E-state index in [1.807, 2.05) is 11.3 Å². The standard InChI is InChI=1S/C64H45NSSi/c1-5-17-46(18-6-1)51-35-41-61-62-42-40-54(45-64(62)66-63(61)44-51)65(53-38-33-49(34-39-53)60-30-16-20-48-19-13-14-29-59(48)60)52-36-31-47(32-37-52)50-21-15-28-58(43-50)67(55-22-7-2-8-23-55,56-24-9-3-10-25-56)57-26-11-4-12-27-57/h1-45H. The molecule has 1 aromatic heterocycles. The molecule has 0 N–H and O–H groups in total. The topological polar surface area (TPSA) is 3.24 Å². The summed E-state index contributed by atoms with van der Waals surface area (Å²) < 4.78 is 2.57. The Kier molecular flexibility index (Phi) is 10.5. The van der Waals surface area contributed by atoms with Gasteiger partial charge in [0, 0.05) is 37.2 Å². The minimum absolute atomic E-state index is 1.10. The van der Waals surface area contributed by atoms with Crippen molar-refractivity contribution >= 4 is 88.2 Å². The number of hydrogen-bond donors (Lipinski definition) is 0. The molecule has 316 valence electrons. The molecular formula is C64H45NSSi. The van der Waals surface area contributed by atoms with Gasteiger partial charge in [-0.3, -0.25) is 0 Å². The van der Waals surface area contributed by atoms with E-state index in [0.29, 0.717) is 0 Å². The van der Waals surface area contributed by atoms with Crippen LogP contribution >= 0.6 is 11.3 Å². The third kappa shape index (κ3) is 7.35. The van der Waals surface area contributed by atoms with E-state index >= 15 is 0 Å². The van der Waals surface area contributed by atoms with E-state index in [2.05, 4.69) is 278 Å². The van der Waals surface area contributed by atoms with Gasteiger partial charge in [0.05, 0.1) is 0 Å². The smallest absolute Gasteiger partial charge is 0.179 e. The molecule has 0 saturated carbocycles. The van der Waals surface area contributed by atoms with Crippen LogP contribution in [-0.2, 0) is 0 Å². The number of rotatable bonds is 10. The zero-order valence-corrected chi connectivity index (χ0v) is 38.7. The molecule has 0 saturated heterocycles. The third-order valence-corrected chi connectivity index (χ3v) is 19.3. The fraction of sp³-hybridized carbons (Fsp3) is 0. The zero-order chi connectivity index (χ0) is 44.6. The number of nitrogens with zero attached hydrogens (tertiary/aromatic N) is 1. The summed E-state index contributed by atoms with van der Waals surface area (Å²) in [5.74, 6) is 0. The SMILES string of the molecule is c1ccc(-c2ccc3c(c2)sc2cc(N(c4ccc(-c5cccc([Si](c6ccccc6)(c6ccccc6)c6ccccc6)c5)cc4)c4ccc(-c5cccc6ccccc56)cc4)ccc23)cc1. The van der Waals surface area contributed by atoms with Gasteiger partial charge in [0.25, 0.3) is 0 Å². The van der Waals surface area contributed by atoms with Gasteiger partial charge in [-0.1, -0.05) is 231 Å². The number of hydrogen-bond acceptors (Lipinski definition) is 2. The van der Waals surface area contributed by atoms with Crippen molar-refractivity contribution in [2.45, 2.75) is 0 Å². The normalized spacial score (nSPS) is 11.6. The van der Waals surface area contributed by atoms with Crippen LogP contribution in [0, 0.1) is 0 Å². The molecule has 0 amide bonds. The van der Waals surface area contributed by atoms with E-state index in [9.17, 15) is 0 Å². The monoisotopic (exact) mass is 887 g/mol. The lowest BCUT2D eigenvalue weighted by Crippen LogP contribution is -2.74. The second-order valence-corrected chi connectivity index (χ2v) is 22.1. The van der Waals surface area contributed by atoms with Gasteiger partial charge in [-0.25, -0.2) is 0 Å². The predicted octanol–water partition coefficient (Wildman–Crippen LogP) is 15.1. The van der Waals surface area contributed by atoms with E-state index in [0.717, 1.165) is 17.1 Å². The molecule has 1 nitrogen and oxygen atoms in total. The van der Waals surface area contributed by atoms with Crippen molar-refractivity contribution in [1.82, 2.24) is 0 Å². The summed E-state index contributed by atoms with van der Waals surface area (Å²) >= 11 is 1.87. The van der Waals surface area contributed by atoms with E-state index in [1.54, 1.807) is 0 Å². The van der Waals surface area contributed by atoms with Crippen molar-refractivity contribution in [3.8, 4) is 33.4 Å². The molecule has 1 heterocycles. The summed E-state index contributed by atoms with van der Waals surface area (Å²) in [7, 11) is -2.69. The Morgan fingerprint density at radius 2 is 0.701 bits per heavy atom. The number of fused-ring (bicyclic) bond motifs is 4. The van der Waals surface area contributed by atoms with Crippen LogP contribution < -0.4 is 25.6 Å². The van der Waals surface area contributed by atoms with Crippen LogP contribution in [0.1, 0.15) is 0 Å². The molecule has 12 rings (SSSR count). The molecule has 0 atom stereocenters. The van der Waals surface area contributed by atoms with Crippen LogP contribution in [0.4, 0.5) is 17.1 Å². The first-order valence-electron chi connectivity index (χ1n) is 23.0. The predicted molar refractivity (Wildman–Crippen MR) is 291 cm³/mol. The molecule has 0 aliphatic heterocycles. The Labute approximate surface area is 397 Å². The highest BCUT2D eigenvalue weighted by atomic mass is 32.1. The average molecular weight is 888 g/mol. The summed E-state index contributed by atoms with van der Waals surface area (Å²) in [6.07, 6.45) is 0. The van der Waals surface area contributed by atoms with Crippen molar-refractivity contribution in [2.75, 3.05) is 4.90 Å². The molecule has 11 aromatic carbocycles. The highest BCUT2D eigenvalue weighted by molar-refractivity contribution is 7.26. The van der Waals surface area contributed by atoms with Gasteiger partial charge in [-0.05, 0) is 107 Å². The second-order valence-electron chi connectivity index (χ2n) is 17.2. The zero-order valence-electron chi connectivity index (χ0n) is 36.8. The second kappa shape index (κ2) is 17.4. The largest absolute Gasteiger partial charge is 0.310 e. The van der Waals surface area contributed by atoms with E-state index < -0.39 is 8.07 Å². The Bertz CT molecular complexity index is 3560. The third-order valence-electron chi connectivity index (χ3n) is 13.4. The van der Waals surface area contributed by atoms with Gasteiger partial charge in [-0.15, -0.1) is 11.3 Å². The van der Waals surface area contributed by atoms with Gasteiger partial charge in [0.15, 0.2) is 8.07 Å². The number of thiophene rings is 1. The van der Waals surface area contributed by atoms with Gasteiger partial charge in [0.1, 0.15) is 0 Å². The van der Waals surface area contributed by atoms with Gasteiger partial charge in [-0.2, -0.15) is 0 Å². The minimum Gasteiger partial charge on any atom is -0.310 e. The van der Waals surface area contributed by atoms with E-state index in [-0.39, 0.29) is 0 Å². The van der Waals surface area contributed by atoms with Crippen molar-refractivity contribution < 1.29 is 0 Å². The molecule has 0 bridgehead atoms. The fourth-order valence-electron chi connectivity index (χ4n) is 10.2. The first kappa shape index (κ1) is 40.4. The molecule has 0 unspecified atom stereocenters. The fourth-order valence-corrected chi connectivity index (χ4v) is 16.2. The van der Waals surface area contributed by atoms with Crippen molar-refractivity contribution in [3.05, 3.63) is 273 Å². The Balaban J connectivity index is 0.964. The highest BCUT2D eigenvalue weighted by Crippen LogP contribution is 2.42. The summed E-state index contributed by atoms with van der Waals surface area (Å²) in [6, 6.07) is 101. The van der Waals surface area contributed by atoms with Crippen LogP contribution in [-0.4, -0.2) is 8.07 Å². The number of anilines is 3. The average Bonchev–Trinajstić information content (AvgIpc) is 3.78. The molecule has 0 radical (unpaired) electrons.